The summed E-state index contributed by atoms with van der Waals surface area (Å²) < 4.78 is 21.6. The highest BCUT2D eigenvalue weighted by Gasteiger charge is 2.25. The molecule has 10 nitrogen and oxygen atoms in total. The molecule has 1 N–H and O–H groups in total. The second kappa shape index (κ2) is 11.8. The van der Waals surface area contributed by atoms with Crippen LogP contribution in [0, 0.1) is 0 Å². The Balaban J connectivity index is 0.000000405. The molecule has 1 aromatic heterocycles. The van der Waals surface area contributed by atoms with Gasteiger partial charge in [-0.1, -0.05) is 6.08 Å². The quantitative estimate of drug-likeness (QED) is 0.617. The number of anilines is 1. The van der Waals surface area contributed by atoms with Gasteiger partial charge < -0.3 is 33.7 Å². The van der Waals surface area contributed by atoms with Crippen molar-refractivity contribution in [2.24, 2.45) is 0 Å². The van der Waals surface area contributed by atoms with Gasteiger partial charge >= 0.3 is 0 Å². The first-order valence-electron chi connectivity index (χ1n) is 12.6. The van der Waals surface area contributed by atoms with E-state index in [1.165, 1.54) is 6.07 Å². The van der Waals surface area contributed by atoms with Crippen LogP contribution in [0.2, 0.25) is 0 Å². The van der Waals surface area contributed by atoms with Crippen molar-refractivity contribution in [3.8, 4) is 0 Å². The Labute approximate surface area is 216 Å². The van der Waals surface area contributed by atoms with E-state index in [1.54, 1.807) is 11.0 Å². The molecule has 0 saturated carbocycles. The van der Waals surface area contributed by atoms with E-state index in [0.717, 1.165) is 12.0 Å². The molecule has 0 aliphatic carbocycles. The number of amides is 1. The number of ether oxygens (including phenoxy) is 3. The maximum atomic E-state index is 13.1. The lowest BCUT2D eigenvalue weighted by Crippen LogP contribution is -2.40. The van der Waals surface area contributed by atoms with Crippen LogP contribution >= 0.6 is 0 Å². The van der Waals surface area contributed by atoms with Gasteiger partial charge in [0.25, 0.3) is 12.4 Å². The number of carbonyl (C=O) groups excluding carboxylic acids is 2. The minimum atomic E-state index is -0.318. The standard InChI is InChI=1S/C22H25N3O5.C5H10O2/c26-19-14-20(24-4-8-28-9-5-24)30-21-16(18-2-1-3-23-18)12-15(13-17(19)21)22(27)25-6-10-29-11-7-25;1-5(2,3)7-4-6/h1,3,12-14,18,23H,2,4-11H2;4H,1-3H3. The van der Waals surface area contributed by atoms with E-state index >= 15 is 0 Å². The van der Waals surface area contributed by atoms with Crippen LogP contribution in [0.15, 0.2) is 39.7 Å². The molecule has 1 atom stereocenters. The predicted molar refractivity (Wildman–Crippen MR) is 139 cm³/mol. The highest BCUT2D eigenvalue weighted by molar-refractivity contribution is 5.99. The summed E-state index contributed by atoms with van der Waals surface area (Å²) in [7, 11) is 0. The highest BCUT2D eigenvalue weighted by atomic mass is 16.5. The number of nitrogens with one attached hydrogen (secondary N) is 1. The lowest BCUT2D eigenvalue weighted by Gasteiger charge is -2.28. The average Bonchev–Trinajstić information content (AvgIpc) is 3.43. The molecule has 3 aliphatic heterocycles. The summed E-state index contributed by atoms with van der Waals surface area (Å²) in [5.74, 6) is 0.472. The molecule has 1 amide bonds. The molecule has 3 aliphatic rings. The molecule has 0 radical (unpaired) electrons. The van der Waals surface area contributed by atoms with Crippen molar-refractivity contribution in [2.45, 2.75) is 38.8 Å². The second-order valence-electron chi connectivity index (χ2n) is 10.1. The van der Waals surface area contributed by atoms with Crippen molar-refractivity contribution in [3.05, 3.63) is 51.8 Å². The van der Waals surface area contributed by atoms with Crippen LogP contribution in [0.3, 0.4) is 0 Å². The zero-order valence-corrected chi connectivity index (χ0v) is 21.7. The molecule has 2 fully saturated rings. The number of morpholine rings is 2. The van der Waals surface area contributed by atoms with E-state index in [4.69, 9.17) is 13.9 Å². The van der Waals surface area contributed by atoms with Crippen LogP contribution < -0.4 is 15.6 Å². The normalized spacial score (nSPS) is 19.7. The van der Waals surface area contributed by atoms with Gasteiger partial charge in [-0.2, -0.15) is 0 Å². The Morgan fingerprint density at radius 2 is 1.73 bits per heavy atom. The van der Waals surface area contributed by atoms with Crippen LogP contribution in [0.25, 0.3) is 11.0 Å². The number of fused-ring (bicyclic) bond motifs is 1. The zero-order valence-electron chi connectivity index (χ0n) is 21.7. The van der Waals surface area contributed by atoms with Crippen molar-refractivity contribution < 1.29 is 28.2 Å². The number of nitrogens with zero attached hydrogens (tertiary/aromatic N) is 2. The van der Waals surface area contributed by atoms with Crippen LogP contribution in [0.1, 0.15) is 49.2 Å². The van der Waals surface area contributed by atoms with Gasteiger partial charge in [-0.3, -0.25) is 14.4 Å². The average molecular weight is 514 g/mol. The third kappa shape index (κ3) is 6.69. The van der Waals surface area contributed by atoms with Gasteiger partial charge in [0.05, 0.1) is 37.9 Å². The van der Waals surface area contributed by atoms with Gasteiger partial charge in [-0.15, -0.1) is 0 Å². The lowest BCUT2D eigenvalue weighted by atomic mass is 9.98. The van der Waals surface area contributed by atoms with E-state index < -0.39 is 0 Å². The van der Waals surface area contributed by atoms with Crippen molar-refractivity contribution in [1.82, 2.24) is 10.2 Å². The van der Waals surface area contributed by atoms with E-state index in [1.807, 2.05) is 44.0 Å². The first-order valence-corrected chi connectivity index (χ1v) is 12.6. The van der Waals surface area contributed by atoms with E-state index in [0.29, 0.717) is 81.5 Å². The number of hydrogen-bond acceptors (Lipinski definition) is 9. The summed E-state index contributed by atoms with van der Waals surface area (Å²) in [4.78, 5) is 39.6. The van der Waals surface area contributed by atoms with E-state index in [9.17, 15) is 14.4 Å². The molecule has 1 aromatic carbocycles. The van der Waals surface area contributed by atoms with Crippen LogP contribution in [0.4, 0.5) is 5.88 Å². The molecule has 37 heavy (non-hydrogen) atoms. The summed E-state index contributed by atoms with van der Waals surface area (Å²) in [6.45, 7) is 10.7. The molecular weight excluding hydrogens is 478 g/mol. The second-order valence-corrected chi connectivity index (χ2v) is 10.1. The topological polar surface area (TPSA) is 111 Å². The van der Waals surface area contributed by atoms with Gasteiger partial charge in [0, 0.05) is 43.4 Å². The van der Waals surface area contributed by atoms with Crippen LogP contribution in [-0.2, 0) is 19.0 Å². The van der Waals surface area contributed by atoms with Crippen molar-refractivity contribution in [3.63, 3.8) is 0 Å². The molecule has 200 valence electrons. The minimum Gasteiger partial charge on any atom is -0.462 e. The maximum Gasteiger partial charge on any atom is 0.293 e. The van der Waals surface area contributed by atoms with Gasteiger partial charge in [-0.25, -0.2) is 0 Å². The first kappa shape index (κ1) is 26.7. The SMILES string of the molecule is CC(C)(C)OC=O.O=C(c1cc(C2CC=CN2)c2oc(N3CCOCC3)cc(=O)c2c1)N1CCOCC1. The molecule has 2 saturated heterocycles. The van der Waals surface area contributed by atoms with Gasteiger partial charge in [0.1, 0.15) is 11.2 Å². The molecule has 2 aromatic rings. The van der Waals surface area contributed by atoms with Crippen molar-refractivity contribution in [2.75, 3.05) is 57.5 Å². The summed E-state index contributed by atoms with van der Waals surface area (Å²) in [5, 5.41) is 3.75. The fourth-order valence-corrected chi connectivity index (χ4v) is 4.36. The third-order valence-corrected chi connectivity index (χ3v) is 6.28. The molecule has 5 rings (SSSR count). The number of carbonyl (C=O) groups is 2. The lowest BCUT2D eigenvalue weighted by molar-refractivity contribution is -0.138. The van der Waals surface area contributed by atoms with Crippen molar-refractivity contribution in [1.29, 1.82) is 0 Å². The Bertz CT molecular complexity index is 1180. The Morgan fingerprint density at radius 3 is 2.30 bits per heavy atom. The fraction of sp³-hybridized carbons (Fsp3) is 0.519. The van der Waals surface area contributed by atoms with Gasteiger partial charge in [-0.05, 0) is 45.5 Å². The van der Waals surface area contributed by atoms with E-state index in [2.05, 4.69) is 10.1 Å². The molecule has 0 bridgehead atoms. The monoisotopic (exact) mass is 513 g/mol. The Hall–Kier alpha value is -3.37. The molecule has 1 unspecified atom stereocenters. The van der Waals surface area contributed by atoms with E-state index in [-0.39, 0.29) is 23.0 Å². The van der Waals surface area contributed by atoms with Crippen LogP contribution in [0.5, 0.6) is 0 Å². The smallest absolute Gasteiger partial charge is 0.293 e. The zero-order chi connectivity index (χ0) is 26.4. The first-order chi connectivity index (χ1) is 17.8. The van der Waals surface area contributed by atoms with Gasteiger partial charge in [0.2, 0.25) is 0 Å². The number of benzene rings is 1. The van der Waals surface area contributed by atoms with Gasteiger partial charge in [0.15, 0.2) is 11.3 Å². The largest absolute Gasteiger partial charge is 0.462 e. The summed E-state index contributed by atoms with van der Waals surface area (Å²) in [6.07, 6.45) is 4.71. The molecular formula is C27H35N3O7. The Kier molecular flexibility index (Phi) is 8.50. The predicted octanol–water partition coefficient (Wildman–Crippen LogP) is 2.61. The highest BCUT2D eigenvalue weighted by Crippen LogP contribution is 2.32. The van der Waals surface area contributed by atoms with Crippen molar-refractivity contribution >= 4 is 29.2 Å². The van der Waals surface area contributed by atoms with Crippen LogP contribution in [-0.4, -0.2) is 75.5 Å². The molecule has 4 heterocycles. The summed E-state index contributed by atoms with van der Waals surface area (Å²) in [6, 6.07) is 5.04. The third-order valence-electron chi connectivity index (χ3n) is 6.28. The summed E-state index contributed by atoms with van der Waals surface area (Å²) >= 11 is 0. The fourth-order valence-electron chi connectivity index (χ4n) is 4.36. The maximum absolute atomic E-state index is 13.1. The number of hydrogen-bond donors (Lipinski definition) is 1. The number of rotatable bonds is 4. The summed E-state index contributed by atoms with van der Waals surface area (Å²) in [5.41, 5.74) is 1.44. The molecule has 10 heteroatoms. The Morgan fingerprint density at radius 1 is 1.05 bits per heavy atom. The molecule has 0 spiro atoms. The minimum absolute atomic E-state index is 0.0342.